The lowest BCUT2D eigenvalue weighted by Crippen LogP contribution is -2.26. The molecule has 1 aliphatic rings. The Labute approximate surface area is 295 Å². The normalized spacial score (nSPS) is 14.0. The molecule has 51 heavy (non-hydrogen) atoms. The molecule has 9 aromatic rings. The van der Waals surface area contributed by atoms with E-state index >= 15 is 0 Å². The lowest BCUT2D eigenvalue weighted by Gasteiger charge is -2.25. The second-order valence-electron chi connectivity index (χ2n) is 13.1. The van der Waals surface area contributed by atoms with Crippen molar-refractivity contribution in [2.45, 2.75) is 0 Å². The Bertz CT molecular complexity index is 2930. The zero-order valence-corrected chi connectivity index (χ0v) is 27.8. The van der Waals surface area contributed by atoms with Gasteiger partial charge in [-0.25, -0.2) is 0 Å². The fraction of sp³-hybridized carbons (Fsp3) is 0. The number of benzene rings is 7. The Balaban J connectivity index is 1.14. The standard InChI is InChI=1S/C48H32N2O/c1-32-27-43-40-20-9-11-22-47(40)51-48(43)31-49(37-16-6-3-7-17-37)44-25-23-35(29-41(32)44)36-24-26-46-42(30-36)39-19-8-10-21-45(39)50(46)38-18-12-15-34(28-38)33-13-4-2-5-14-33/h2-31H,1H2/b43-27-,48-31+. The van der Waals surface area contributed by atoms with Crippen LogP contribution in [0.15, 0.2) is 181 Å². The summed E-state index contributed by atoms with van der Waals surface area (Å²) in [5.74, 6) is 0. The quantitative estimate of drug-likeness (QED) is 0.189. The van der Waals surface area contributed by atoms with Crippen LogP contribution in [-0.4, -0.2) is 4.57 Å². The van der Waals surface area contributed by atoms with Gasteiger partial charge < -0.3 is 13.9 Å². The van der Waals surface area contributed by atoms with Crippen molar-refractivity contribution in [3.63, 3.8) is 0 Å². The lowest BCUT2D eigenvalue weighted by atomic mass is 9.95. The predicted molar refractivity (Wildman–Crippen MR) is 214 cm³/mol. The molecule has 0 fully saturated rings. The summed E-state index contributed by atoms with van der Waals surface area (Å²) in [6, 6.07) is 60.4. The van der Waals surface area contributed by atoms with Gasteiger partial charge in [-0.05, 0) is 94.6 Å². The topological polar surface area (TPSA) is 21.3 Å². The van der Waals surface area contributed by atoms with Gasteiger partial charge in [0.05, 0.1) is 22.9 Å². The van der Waals surface area contributed by atoms with E-state index in [2.05, 4.69) is 180 Å². The second kappa shape index (κ2) is 11.6. The molecule has 0 saturated carbocycles. The monoisotopic (exact) mass is 652 g/mol. The van der Waals surface area contributed by atoms with E-state index in [4.69, 9.17) is 4.42 Å². The third-order valence-corrected chi connectivity index (χ3v) is 10.1. The van der Waals surface area contributed by atoms with Crippen LogP contribution in [0.2, 0.25) is 0 Å². The van der Waals surface area contributed by atoms with Crippen molar-refractivity contribution in [2.75, 3.05) is 4.90 Å². The van der Waals surface area contributed by atoms with Crippen molar-refractivity contribution in [1.82, 2.24) is 4.57 Å². The van der Waals surface area contributed by atoms with Gasteiger partial charge in [-0.15, -0.1) is 0 Å². The number of allylic oxidation sites excluding steroid dienone is 1. The lowest BCUT2D eigenvalue weighted by molar-refractivity contribution is 0.574. The molecule has 7 aromatic carbocycles. The SMILES string of the molecule is C=C1/C=c2\c(oc3ccccc23)=C/N(c2ccccc2)c2ccc(-c3ccc4c(c3)c3ccccc3n4-c3cccc(-c4ccccc4)c3)cc21. The Morgan fingerprint density at radius 1 is 0.471 bits per heavy atom. The molecule has 3 heterocycles. The van der Waals surface area contributed by atoms with Crippen molar-refractivity contribution in [2.24, 2.45) is 0 Å². The summed E-state index contributed by atoms with van der Waals surface area (Å²) in [4.78, 5) is 2.22. The van der Waals surface area contributed by atoms with Gasteiger partial charge >= 0.3 is 0 Å². The fourth-order valence-electron chi connectivity index (χ4n) is 7.64. The number of furan rings is 1. The van der Waals surface area contributed by atoms with E-state index < -0.39 is 0 Å². The van der Waals surface area contributed by atoms with Gasteiger partial charge in [-0.3, -0.25) is 0 Å². The van der Waals surface area contributed by atoms with Crippen molar-refractivity contribution in [3.8, 4) is 27.9 Å². The molecule has 0 atom stereocenters. The third-order valence-electron chi connectivity index (χ3n) is 10.1. The Morgan fingerprint density at radius 3 is 1.98 bits per heavy atom. The van der Waals surface area contributed by atoms with Crippen LogP contribution in [0.3, 0.4) is 0 Å². The number of hydrogen-bond donors (Lipinski definition) is 0. The maximum Gasteiger partial charge on any atom is 0.151 e. The van der Waals surface area contributed by atoms with E-state index in [1.54, 1.807) is 0 Å². The minimum absolute atomic E-state index is 0.812. The molecule has 3 heteroatoms. The van der Waals surface area contributed by atoms with Gasteiger partial charge in [0.25, 0.3) is 0 Å². The first-order valence-corrected chi connectivity index (χ1v) is 17.3. The average Bonchev–Trinajstić information content (AvgIpc) is 3.71. The molecule has 0 amide bonds. The summed E-state index contributed by atoms with van der Waals surface area (Å²) in [5, 5.41) is 4.57. The van der Waals surface area contributed by atoms with Crippen LogP contribution >= 0.6 is 0 Å². The molecule has 0 N–H and O–H groups in total. The first-order chi connectivity index (χ1) is 25.2. The number of para-hydroxylation sites is 3. The molecule has 0 bridgehead atoms. The third kappa shape index (κ3) is 4.82. The van der Waals surface area contributed by atoms with Gasteiger partial charge in [0.15, 0.2) is 5.42 Å². The van der Waals surface area contributed by atoms with Crippen LogP contribution in [-0.2, 0) is 0 Å². The average molecular weight is 653 g/mol. The largest absolute Gasteiger partial charge is 0.455 e. The van der Waals surface area contributed by atoms with Crippen LogP contribution in [0.5, 0.6) is 0 Å². The highest BCUT2D eigenvalue weighted by atomic mass is 16.3. The van der Waals surface area contributed by atoms with E-state index in [1.807, 2.05) is 18.2 Å². The molecule has 0 radical (unpaired) electrons. The summed E-state index contributed by atoms with van der Waals surface area (Å²) in [6.45, 7) is 4.62. The zero-order valence-electron chi connectivity index (χ0n) is 27.8. The van der Waals surface area contributed by atoms with Crippen molar-refractivity contribution in [3.05, 3.63) is 193 Å². The maximum absolute atomic E-state index is 6.40. The fourth-order valence-corrected chi connectivity index (χ4v) is 7.64. The summed E-state index contributed by atoms with van der Waals surface area (Å²) < 4.78 is 8.79. The first-order valence-electron chi connectivity index (χ1n) is 17.3. The van der Waals surface area contributed by atoms with E-state index in [-0.39, 0.29) is 0 Å². The number of fused-ring (bicyclic) bond motifs is 7. The number of anilines is 2. The Kier molecular flexibility index (Phi) is 6.65. The molecule has 0 spiro atoms. The smallest absolute Gasteiger partial charge is 0.151 e. The molecule has 0 aliphatic carbocycles. The van der Waals surface area contributed by atoms with Gasteiger partial charge in [0, 0.05) is 38.3 Å². The van der Waals surface area contributed by atoms with Crippen molar-refractivity contribution >= 4 is 62.0 Å². The van der Waals surface area contributed by atoms with E-state index in [1.165, 1.54) is 32.9 Å². The molecular formula is C48H32N2O. The second-order valence-corrected chi connectivity index (χ2v) is 13.1. The molecule has 1 aliphatic heterocycles. The minimum atomic E-state index is 0.812. The Morgan fingerprint density at radius 2 is 1.12 bits per heavy atom. The number of rotatable bonds is 4. The maximum atomic E-state index is 6.40. The Hall–Kier alpha value is -6.84. The van der Waals surface area contributed by atoms with Gasteiger partial charge in [0.2, 0.25) is 0 Å². The van der Waals surface area contributed by atoms with E-state index in [9.17, 15) is 0 Å². The number of aromatic nitrogens is 1. The van der Waals surface area contributed by atoms with Crippen molar-refractivity contribution in [1.29, 1.82) is 0 Å². The number of hydrogen-bond acceptors (Lipinski definition) is 2. The minimum Gasteiger partial charge on any atom is -0.455 e. The van der Waals surface area contributed by atoms with Crippen LogP contribution in [0.25, 0.3) is 78.6 Å². The van der Waals surface area contributed by atoms with E-state index in [0.29, 0.717) is 0 Å². The van der Waals surface area contributed by atoms with E-state index in [0.717, 1.165) is 60.9 Å². The highest BCUT2D eigenvalue weighted by molar-refractivity contribution is 6.11. The molecular weight excluding hydrogens is 621 g/mol. The predicted octanol–water partition coefficient (Wildman–Crippen LogP) is 11.2. The van der Waals surface area contributed by atoms with Crippen LogP contribution < -0.4 is 15.5 Å². The molecule has 0 unspecified atom stereocenters. The highest BCUT2D eigenvalue weighted by Gasteiger charge is 2.19. The van der Waals surface area contributed by atoms with Crippen LogP contribution in [0.1, 0.15) is 5.56 Å². The van der Waals surface area contributed by atoms with Crippen LogP contribution in [0, 0.1) is 0 Å². The summed E-state index contributed by atoms with van der Waals surface area (Å²) in [6.07, 6.45) is 4.28. The summed E-state index contributed by atoms with van der Waals surface area (Å²) in [5.41, 5.74) is 14.0. The first kappa shape index (κ1) is 29.1. The van der Waals surface area contributed by atoms with Gasteiger partial charge in [-0.2, -0.15) is 0 Å². The summed E-state index contributed by atoms with van der Waals surface area (Å²) >= 11 is 0. The molecule has 3 nitrogen and oxygen atoms in total. The highest BCUT2D eigenvalue weighted by Crippen LogP contribution is 2.40. The van der Waals surface area contributed by atoms with Crippen LogP contribution in [0.4, 0.5) is 11.4 Å². The molecule has 240 valence electrons. The van der Waals surface area contributed by atoms with Gasteiger partial charge in [-0.1, -0.05) is 116 Å². The summed E-state index contributed by atoms with van der Waals surface area (Å²) in [7, 11) is 0. The number of nitrogens with zero attached hydrogens (tertiary/aromatic N) is 2. The molecule has 2 aromatic heterocycles. The van der Waals surface area contributed by atoms with Crippen molar-refractivity contribution < 1.29 is 4.42 Å². The van der Waals surface area contributed by atoms with Gasteiger partial charge in [0.1, 0.15) is 5.58 Å². The molecule has 10 rings (SSSR count). The zero-order chi connectivity index (χ0) is 33.9. The molecule has 0 saturated heterocycles.